The topological polar surface area (TPSA) is 34.4 Å². The number of nitrogens with zero attached hydrogens (tertiary/aromatic N) is 2. The first-order chi connectivity index (χ1) is 10.6. The maximum Gasteiger partial charge on any atom is 0.242 e. The molecule has 0 aliphatic heterocycles. The Balaban J connectivity index is 2.00. The molecular weight excluding hydrogens is 292 g/mol. The Bertz CT molecular complexity index is 687. The van der Waals surface area contributed by atoms with Crippen molar-refractivity contribution in [2.24, 2.45) is 4.99 Å². The zero-order chi connectivity index (χ0) is 15.9. The maximum absolute atomic E-state index is 12.4. The lowest BCUT2D eigenvalue weighted by Gasteiger charge is -2.07. The minimum atomic E-state index is 0.0668. The van der Waals surface area contributed by atoms with Crippen LogP contribution >= 0.6 is 11.8 Å². The summed E-state index contributed by atoms with van der Waals surface area (Å²) in [5, 5.41) is 0. The molecule has 0 saturated heterocycles. The molecule has 116 valence electrons. The number of hydrogen-bond donors (Lipinski definition) is 0. The predicted molar refractivity (Wildman–Crippen MR) is 93.1 cm³/mol. The number of pyridine rings is 1. The third kappa shape index (κ3) is 4.88. The van der Waals surface area contributed by atoms with Crippen LogP contribution < -0.4 is 5.49 Å². The number of carbonyl (C=O) groups is 1. The summed E-state index contributed by atoms with van der Waals surface area (Å²) in [5.41, 5.74) is 3.22. The predicted octanol–water partition coefficient (Wildman–Crippen LogP) is 3.68. The number of aryl methyl sites for hydroxylation is 1. The molecule has 0 aliphatic carbocycles. The van der Waals surface area contributed by atoms with Crippen molar-refractivity contribution >= 4 is 17.7 Å². The summed E-state index contributed by atoms with van der Waals surface area (Å²) >= 11 is 1.63. The second-order valence-corrected chi connectivity index (χ2v) is 6.51. The van der Waals surface area contributed by atoms with Crippen molar-refractivity contribution in [3.63, 3.8) is 0 Å². The first kappa shape index (κ1) is 16.6. The second-order valence-electron chi connectivity index (χ2n) is 5.52. The molecule has 1 aromatic heterocycles. The Hall–Kier alpha value is -1.81. The molecule has 1 aromatic carbocycles. The summed E-state index contributed by atoms with van der Waals surface area (Å²) in [4.78, 5) is 16.9. The largest absolute Gasteiger partial charge is 0.273 e. The first-order valence-corrected chi connectivity index (χ1v) is 8.60. The number of aromatic nitrogens is 1. The van der Waals surface area contributed by atoms with E-state index in [0.29, 0.717) is 5.75 Å². The summed E-state index contributed by atoms with van der Waals surface area (Å²) in [6.07, 6.45) is 1.79. The molecule has 0 saturated carbocycles. The summed E-state index contributed by atoms with van der Waals surface area (Å²) < 4.78 is 1.64. The lowest BCUT2D eigenvalue weighted by molar-refractivity contribution is 0.0936. The van der Waals surface area contributed by atoms with Gasteiger partial charge in [0.15, 0.2) is 0 Å². The van der Waals surface area contributed by atoms with E-state index in [9.17, 15) is 4.79 Å². The Morgan fingerprint density at radius 2 is 1.91 bits per heavy atom. The molecule has 0 atom stereocenters. The summed E-state index contributed by atoms with van der Waals surface area (Å²) in [6.45, 7) is 6.09. The van der Waals surface area contributed by atoms with Gasteiger partial charge in [-0.2, -0.15) is 0 Å². The highest BCUT2D eigenvalue weighted by Crippen LogP contribution is 2.13. The smallest absolute Gasteiger partial charge is 0.242 e. The standard InChI is InChI=1S/C18H22N2OS/c1-14(2)19-17-6-4-5-11-20(17)18(21)13-22-12-16-9-7-15(3)8-10-16/h4-11,14H,12-13H2,1-3H3. The average molecular weight is 314 g/mol. The molecule has 2 rings (SSSR count). The van der Waals surface area contributed by atoms with Gasteiger partial charge in [-0.05, 0) is 38.5 Å². The fourth-order valence-corrected chi connectivity index (χ4v) is 2.87. The molecule has 0 spiro atoms. The molecule has 0 radical (unpaired) electrons. The Morgan fingerprint density at radius 1 is 1.18 bits per heavy atom. The average Bonchev–Trinajstić information content (AvgIpc) is 2.49. The molecule has 0 fully saturated rings. The highest BCUT2D eigenvalue weighted by molar-refractivity contribution is 7.99. The number of benzene rings is 1. The minimum Gasteiger partial charge on any atom is -0.273 e. The molecule has 3 nitrogen and oxygen atoms in total. The van der Waals surface area contributed by atoms with Crippen LogP contribution in [-0.4, -0.2) is 22.3 Å². The summed E-state index contributed by atoms with van der Waals surface area (Å²) in [7, 11) is 0. The highest BCUT2D eigenvalue weighted by atomic mass is 32.2. The normalized spacial score (nSPS) is 11.9. The van der Waals surface area contributed by atoms with Crippen LogP contribution in [0.5, 0.6) is 0 Å². The van der Waals surface area contributed by atoms with Crippen molar-refractivity contribution in [2.45, 2.75) is 32.6 Å². The van der Waals surface area contributed by atoms with E-state index in [0.717, 1.165) is 11.2 Å². The molecule has 0 unspecified atom stereocenters. The Labute approximate surface area is 136 Å². The zero-order valence-electron chi connectivity index (χ0n) is 13.3. The fourth-order valence-electron chi connectivity index (χ4n) is 2.02. The molecular formula is C18H22N2OS. The maximum atomic E-state index is 12.4. The van der Waals surface area contributed by atoms with Gasteiger partial charge >= 0.3 is 0 Å². The van der Waals surface area contributed by atoms with Gasteiger partial charge in [0, 0.05) is 18.0 Å². The van der Waals surface area contributed by atoms with Crippen molar-refractivity contribution in [1.29, 1.82) is 0 Å². The molecule has 0 N–H and O–H groups in total. The van der Waals surface area contributed by atoms with E-state index in [2.05, 4.69) is 36.2 Å². The Kier molecular flexibility index (Phi) is 6.01. The van der Waals surface area contributed by atoms with Crippen LogP contribution in [-0.2, 0) is 5.75 Å². The van der Waals surface area contributed by atoms with Crippen LogP contribution in [0.15, 0.2) is 53.7 Å². The lowest BCUT2D eigenvalue weighted by atomic mass is 10.2. The fraction of sp³-hybridized carbons (Fsp3) is 0.333. The van der Waals surface area contributed by atoms with Crippen molar-refractivity contribution < 1.29 is 4.79 Å². The van der Waals surface area contributed by atoms with Crippen LogP contribution in [0.25, 0.3) is 0 Å². The van der Waals surface area contributed by atoms with Crippen molar-refractivity contribution in [1.82, 2.24) is 4.57 Å². The SMILES string of the molecule is Cc1ccc(CSCC(=O)n2ccccc2=NC(C)C)cc1. The third-order valence-electron chi connectivity index (χ3n) is 3.11. The van der Waals surface area contributed by atoms with E-state index >= 15 is 0 Å². The van der Waals surface area contributed by atoms with E-state index in [1.54, 1.807) is 22.5 Å². The monoisotopic (exact) mass is 314 g/mol. The van der Waals surface area contributed by atoms with Gasteiger partial charge in [0.25, 0.3) is 0 Å². The summed E-state index contributed by atoms with van der Waals surface area (Å²) in [5.74, 6) is 1.36. The van der Waals surface area contributed by atoms with Gasteiger partial charge in [-0.25, -0.2) is 0 Å². The number of hydrogen-bond acceptors (Lipinski definition) is 3. The van der Waals surface area contributed by atoms with Crippen molar-refractivity contribution in [2.75, 3.05) is 5.75 Å². The molecule has 22 heavy (non-hydrogen) atoms. The highest BCUT2D eigenvalue weighted by Gasteiger charge is 2.06. The van der Waals surface area contributed by atoms with Gasteiger partial charge < -0.3 is 0 Å². The van der Waals surface area contributed by atoms with Gasteiger partial charge in [-0.15, -0.1) is 11.8 Å². The van der Waals surface area contributed by atoms with Gasteiger partial charge in [0.2, 0.25) is 5.91 Å². The molecule has 1 heterocycles. The van der Waals surface area contributed by atoms with E-state index in [-0.39, 0.29) is 11.9 Å². The quantitative estimate of drug-likeness (QED) is 0.843. The van der Waals surface area contributed by atoms with E-state index in [4.69, 9.17) is 0 Å². The third-order valence-corrected chi connectivity index (χ3v) is 4.10. The van der Waals surface area contributed by atoms with Crippen molar-refractivity contribution in [3.05, 3.63) is 65.3 Å². The first-order valence-electron chi connectivity index (χ1n) is 7.44. The number of thioether (sulfide) groups is 1. The van der Waals surface area contributed by atoms with Gasteiger partial charge in [0.1, 0.15) is 5.49 Å². The molecule has 0 bridgehead atoms. The van der Waals surface area contributed by atoms with E-state index in [1.807, 2.05) is 32.0 Å². The van der Waals surface area contributed by atoms with Crippen molar-refractivity contribution in [3.8, 4) is 0 Å². The van der Waals surface area contributed by atoms with Gasteiger partial charge in [0.05, 0.1) is 5.75 Å². The van der Waals surface area contributed by atoms with Gasteiger partial charge in [-0.3, -0.25) is 14.4 Å². The zero-order valence-corrected chi connectivity index (χ0v) is 14.1. The van der Waals surface area contributed by atoms with Crippen LogP contribution in [0.1, 0.15) is 29.8 Å². The van der Waals surface area contributed by atoms with Crippen LogP contribution in [0.3, 0.4) is 0 Å². The van der Waals surface area contributed by atoms with Gasteiger partial charge in [-0.1, -0.05) is 35.9 Å². The van der Waals surface area contributed by atoms with Crippen LogP contribution in [0, 0.1) is 6.92 Å². The molecule has 0 aliphatic rings. The lowest BCUT2D eigenvalue weighted by Crippen LogP contribution is -2.28. The molecule has 2 aromatic rings. The number of rotatable bonds is 5. The molecule has 0 amide bonds. The second kappa shape index (κ2) is 7.99. The van der Waals surface area contributed by atoms with E-state index in [1.165, 1.54) is 11.1 Å². The minimum absolute atomic E-state index is 0.0668. The summed E-state index contributed by atoms with van der Waals surface area (Å²) in [6, 6.07) is 14.2. The van der Waals surface area contributed by atoms with Crippen LogP contribution in [0.2, 0.25) is 0 Å². The van der Waals surface area contributed by atoms with Crippen LogP contribution in [0.4, 0.5) is 0 Å². The molecule has 4 heteroatoms. The Morgan fingerprint density at radius 3 is 2.59 bits per heavy atom. The number of carbonyl (C=O) groups excluding carboxylic acids is 1. The van der Waals surface area contributed by atoms with E-state index < -0.39 is 0 Å².